The van der Waals surface area contributed by atoms with Gasteiger partial charge in [0.2, 0.25) is 0 Å². The number of nitrogens with zero attached hydrogens (tertiary/aromatic N) is 4. The van der Waals surface area contributed by atoms with E-state index in [1.807, 2.05) is 17.6 Å². The molecule has 2 heterocycles. The monoisotopic (exact) mass is 499 g/mol. The van der Waals surface area contributed by atoms with Gasteiger partial charge in [-0.05, 0) is 51.8 Å². The van der Waals surface area contributed by atoms with E-state index in [9.17, 15) is 9.36 Å². The second kappa shape index (κ2) is 10.3. The van der Waals surface area contributed by atoms with Crippen LogP contribution < -0.4 is 9.61 Å². The third-order valence-corrected chi connectivity index (χ3v) is 7.45. The summed E-state index contributed by atoms with van der Waals surface area (Å²) in [6.07, 6.45) is 3.67. The summed E-state index contributed by atoms with van der Waals surface area (Å²) in [5, 5.41) is 2.71. The predicted octanol–water partition coefficient (Wildman–Crippen LogP) is 4.39. The minimum absolute atomic E-state index is 0.00484. The van der Waals surface area contributed by atoms with Gasteiger partial charge in [0.25, 0.3) is 0 Å². The first-order valence-electron chi connectivity index (χ1n) is 11.5. The Kier molecular flexibility index (Phi) is 7.35. The highest BCUT2D eigenvalue weighted by Gasteiger charge is 2.39. The Bertz CT molecular complexity index is 1260. The summed E-state index contributed by atoms with van der Waals surface area (Å²) in [6, 6.07) is 7.78. The molecule has 2 aromatic heterocycles. The topological polar surface area (TPSA) is 117 Å². The van der Waals surface area contributed by atoms with Crippen LogP contribution in [0, 0.1) is 12.8 Å². The number of hydrogen-bond acceptors (Lipinski definition) is 8. The van der Waals surface area contributed by atoms with Crippen LogP contribution in [0.15, 0.2) is 55.1 Å². The van der Waals surface area contributed by atoms with Crippen LogP contribution in [-0.4, -0.2) is 44.2 Å². The van der Waals surface area contributed by atoms with Crippen molar-refractivity contribution in [2.24, 2.45) is 5.92 Å². The Labute approximate surface area is 204 Å². The molecule has 186 valence electrons. The summed E-state index contributed by atoms with van der Waals surface area (Å²) in [7, 11) is -3.91. The van der Waals surface area contributed by atoms with Crippen LogP contribution in [0.1, 0.15) is 38.9 Å². The molecule has 0 spiro atoms. The van der Waals surface area contributed by atoms with Crippen molar-refractivity contribution in [3.63, 3.8) is 0 Å². The van der Waals surface area contributed by atoms with Gasteiger partial charge in [0.05, 0.1) is 30.8 Å². The molecular formula is C24H30N5O5P. The Hall–Kier alpha value is -3.07. The average molecular weight is 500 g/mol. The highest BCUT2D eigenvalue weighted by Crippen LogP contribution is 2.49. The number of esters is 1. The van der Waals surface area contributed by atoms with E-state index >= 15 is 0 Å². The van der Waals surface area contributed by atoms with Crippen LogP contribution in [0.3, 0.4) is 0 Å². The molecule has 1 aliphatic rings. The number of carbonyl (C=O) groups excluding carboxylic acids is 1. The van der Waals surface area contributed by atoms with Gasteiger partial charge in [-0.15, -0.1) is 0 Å². The number of hydrogen-bond donors (Lipinski definition) is 1. The van der Waals surface area contributed by atoms with E-state index in [0.717, 1.165) is 22.4 Å². The van der Waals surface area contributed by atoms with Crippen molar-refractivity contribution in [2.75, 3.05) is 6.61 Å². The molecule has 1 aromatic carbocycles. The number of imidazole rings is 1. The van der Waals surface area contributed by atoms with Gasteiger partial charge in [-0.2, -0.15) is 5.09 Å². The lowest BCUT2D eigenvalue weighted by Crippen LogP contribution is -2.37. The Morgan fingerprint density at radius 2 is 1.97 bits per heavy atom. The normalized spacial score (nSPS) is 20.3. The quantitative estimate of drug-likeness (QED) is 0.246. The average Bonchev–Trinajstić information content (AvgIpc) is 3.23. The molecule has 10 nitrogen and oxygen atoms in total. The minimum Gasteiger partial charge on any atom is -0.462 e. The number of rotatable bonds is 10. The molecule has 1 N–H and O–H groups in total. The zero-order valence-corrected chi connectivity index (χ0v) is 21.1. The van der Waals surface area contributed by atoms with Crippen molar-refractivity contribution in [3.8, 4) is 5.75 Å². The first-order chi connectivity index (χ1) is 16.7. The molecule has 3 aromatic rings. The Morgan fingerprint density at radius 3 is 2.66 bits per heavy atom. The van der Waals surface area contributed by atoms with E-state index in [0.29, 0.717) is 12.2 Å². The molecule has 1 unspecified atom stereocenters. The van der Waals surface area contributed by atoms with E-state index in [1.165, 1.54) is 6.33 Å². The zero-order valence-electron chi connectivity index (χ0n) is 20.2. The summed E-state index contributed by atoms with van der Waals surface area (Å²) >= 11 is 0. The molecule has 11 heteroatoms. The smallest absolute Gasteiger partial charge is 0.459 e. The molecule has 35 heavy (non-hydrogen) atoms. The van der Waals surface area contributed by atoms with Crippen LogP contribution in [0.5, 0.6) is 5.75 Å². The van der Waals surface area contributed by atoms with Gasteiger partial charge in [-0.3, -0.25) is 9.32 Å². The molecule has 0 saturated heterocycles. The molecule has 0 radical (unpaired) electrons. The molecule has 0 aliphatic heterocycles. The number of fused-ring (bicyclic) bond motifs is 1. The largest absolute Gasteiger partial charge is 0.462 e. The van der Waals surface area contributed by atoms with Gasteiger partial charge >= 0.3 is 13.7 Å². The Balaban J connectivity index is 1.44. The van der Waals surface area contributed by atoms with Gasteiger partial charge in [-0.25, -0.2) is 19.5 Å². The Morgan fingerprint density at radius 1 is 1.23 bits per heavy atom. The maximum Gasteiger partial charge on any atom is 0.459 e. The van der Waals surface area contributed by atoms with E-state index in [-0.39, 0.29) is 24.7 Å². The van der Waals surface area contributed by atoms with Crippen molar-refractivity contribution < 1.29 is 23.1 Å². The summed E-state index contributed by atoms with van der Waals surface area (Å²) < 4.78 is 32.3. The molecular weight excluding hydrogens is 469 g/mol. The second-order valence-electron chi connectivity index (χ2n) is 8.84. The number of nitrogens with one attached hydrogen (secondary N) is 1. The SMILES string of the molecule is C=C1[C@H](COP(=O)(N[C@@H](C)C(=O)OC(C)C)Oc2ccccc2)C[C@@H]1n1cnc2c(C)ncnc21. The summed E-state index contributed by atoms with van der Waals surface area (Å²) in [4.78, 5) is 25.3. The zero-order chi connectivity index (χ0) is 25.2. The van der Waals surface area contributed by atoms with Crippen molar-refractivity contribution in [1.29, 1.82) is 0 Å². The molecule has 0 amide bonds. The highest BCUT2D eigenvalue weighted by atomic mass is 31.2. The predicted molar refractivity (Wildman–Crippen MR) is 131 cm³/mol. The molecule has 1 aliphatic carbocycles. The molecule has 1 saturated carbocycles. The summed E-state index contributed by atoms with van der Waals surface area (Å²) in [5.41, 5.74) is 3.24. The number of ether oxygens (including phenoxy) is 1. The number of aryl methyl sites for hydroxylation is 1. The molecule has 4 atom stereocenters. The lowest BCUT2D eigenvalue weighted by atomic mass is 9.76. The molecule has 0 bridgehead atoms. The van der Waals surface area contributed by atoms with Gasteiger partial charge in [0.15, 0.2) is 5.65 Å². The van der Waals surface area contributed by atoms with Crippen LogP contribution in [0.25, 0.3) is 11.2 Å². The van der Waals surface area contributed by atoms with Crippen molar-refractivity contribution >= 4 is 24.9 Å². The van der Waals surface area contributed by atoms with Crippen molar-refractivity contribution in [2.45, 2.75) is 52.3 Å². The van der Waals surface area contributed by atoms with Crippen molar-refractivity contribution in [3.05, 3.63) is 60.8 Å². The minimum atomic E-state index is -3.91. The molecule has 1 fully saturated rings. The number of carbonyl (C=O) groups is 1. The van der Waals surface area contributed by atoms with E-state index in [4.69, 9.17) is 13.8 Å². The fourth-order valence-electron chi connectivity index (χ4n) is 3.87. The standard InChI is InChI=1S/C24H30N5O5P/c1-15(2)33-24(30)18(5)28-35(31,34-20-9-7-6-8-10-20)32-12-19-11-21(16(19)3)29-14-27-22-17(4)25-13-26-23(22)29/h6-10,13-15,18-19,21H,3,11-12H2,1-2,4-5H3,(H,28,31)/t18-,19-,21-,35?/m0/s1. The fourth-order valence-corrected chi connectivity index (χ4v) is 5.41. The van der Waals surface area contributed by atoms with Crippen LogP contribution in [0.2, 0.25) is 0 Å². The highest BCUT2D eigenvalue weighted by molar-refractivity contribution is 7.52. The third-order valence-electron chi connectivity index (χ3n) is 5.81. The van der Waals surface area contributed by atoms with E-state index < -0.39 is 19.8 Å². The van der Waals surface area contributed by atoms with Gasteiger partial charge in [0.1, 0.15) is 23.6 Å². The summed E-state index contributed by atoms with van der Waals surface area (Å²) in [6.45, 7) is 11.3. The first kappa shape index (κ1) is 25.0. The van der Waals surface area contributed by atoms with Gasteiger partial charge in [-0.1, -0.05) is 24.8 Å². The van der Waals surface area contributed by atoms with Crippen LogP contribution >= 0.6 is 7.75 Å². The number of aromatic nitrogens is 4. The van der Waals surface area contributed by atoms with Crippen LogP contribution in [-0.2, 0) is 18.6 Å². The van der Waals surface area contributed by atoms with Gasteiger partial charge < -0.3 is 13.8 Å². The second-order valence-corrected chi connectivity index (χ2v) is 10.5. The number of para-hydroxylation sites is 1. The fraction of sp³-hybridized carbons (Fsp3) is 0.417. The van der Waals surface area contributed by atoms with E-state index in [1.54, 1.807) is 51.4 Å². The van der Waals surface area contributed by atoms with Gasteiger partial charge in [0, 0.05) is 5.92 Å². The van der Waals surface area contributed by atoms with Crippen LogP contribution in [0.4, 0.5) is 0 Å². The number of benzene rings is 1. The molecule has 4 rings (SSSR count). The summed E-state index contributed by atoms with van der Waals surface area (Å²) in [5.74, 6) is -0.233. The first-order valence-corrected chi connectivity index (χ1v) is 13.0. The maximum atomic E-state index is 13.6. The van der Waals surface area contributed by atoms with E-state index in [2.05, 4.69) is 26.6 Å². The lowest BCUT2D eigenvalue weighted by molar-refractivity contribution is -0.149. The maximum absolute atomic E-state index is 13.6. The lowest BCUT2D eigenvalue weighted by Gasteiger charge is -2.39. The third kappa shape index (κ3) is 5.61. The van der Waals surface area contributed by atoms with Crippen molar-refractivity contribution in [1.82, 2.24) is 24.6 Å².